The molecule has 0 radical (unpaired) electrons. The molecule has 4 rings (SSSR count). The molecule has 0 fully saturated rings. The second kappa shape index (κ2) is 7.35. The third-order valence-corrected chi connectivity index (χ3v) is 4.78. The molecule has 0 saturated carbocycles. The molecule has 0 spiro atoms. The molecule has 0 unspecified atom stereocenters. The molecule has 0 atom stereocenters. The molecule has 1 amide bonds. The monoisotopic (exact) mass is 409 g/mol. The summed E-state index contributed by atoms with van der Waals surface area (Å²) < 4.78 is 7.63. The van der Waals surface area contributed by atoms with E-state index in [1.165, 1.54) is 24.1 Å². The second-order valence-electron chi connectivity index (χ2n) is 6.81. The third-order valence-electron chi connectivity index (χ3n) is 4.78. The number of carbonyl (C=O) groups is 1. The second-order valence-corrected chi connectivity index (χ2v) is 6.81. The van der Waals surface area contributed by atoms with Gasteiger partial charge in [0, 0.05) is 33.1 Å². The van der Waals surface area contributed by atoms with Crippen LogP contribution >= 0.6 is 0 Å². The first-order chi connectivity index (χ1) is 14.4. The Kier molecular flexibility index (Phi) is 4.70. The molecule has 3 aromatic heterocycles. The van der Waals surface area contributed by atoms with E-state index in [-0.39, 0.29) is 17.3 Å². The largest absolute Gasteiger partial charge is 0.501 e. The fourth-order valence-corrected chi connectivity index (χ4v) is 3.24. The fraction of sp³-hybridized carbons (Fsp3) is 0.211. The van der Waals surface area contributed by atoms with E-state index in [9.17, 15) is 14.7 Å². The lowest BCUT2D eigenvalue weighted by molar-refractivity contribution is 0.101. The van der Waals surface area contributed by atoms with E-state index < -0.39 is 17.2 Å². The van der Waals surface area contributed by atoms with Gasteiger partial charge in [-0.25, -0.2) is 4.98 Å². The molecule has 0 saturated heterocycles. The van der Waals surface area contributed by atoms with E-state index in [4.69, 9.17) is 0 Å². The summed E-state index contributed by atoms with van der Waals surface area (Å²) in [6.45, 7) is 0.404. The van der Waals surface area contributed by atoms with E-state index in [0.29, 0.717) is 6.54 Å². The number of nitrogens with one attached hydrogen (secondary N) is 1. The average molecular weight is 409 g/mol. The quantitative estimate of drug-likeness (QED) is 0.503. The number of hydrogen-bond donors (Lipinski definition) is 2. The van der Waals surface area contributed by atoms with Crippen LogP contribution in [0.1, 0.15) is 16.1 Å². The first kappa shape index (κ1) is 19.2. The molecule has 11 nitrogen and oxygen atoms in total. The van der Waals surface area contributed by atoms with Crippen molar-refractivity contribution in [3.05, 3.63) is 58.5 Å². The Labute approximate surface area is 170 Å². The molecular weight excluding hydrogens is 390 g/mol. The number of aromatic hydroxyl groups is 1. The Bertz CT molecular complexity index is 1290. The molecule has 1 aromatic carbocycles. The molecule has 11 heteroatoms. The van der Waals surface area contributed by atoms with Gasteiger partial charge < -0.3 is 19.8 Å². The Morgan fingerprint density at radius 1 is 1.30 bits per heavy atom. The fourth-order valence-electron chi connectivity index (χ4n) is 3.24. The number of anilines is 2. The van der Waals surface area contributed by atoms with E-state index >= 15 is 0 Å². The van der Waals surface area contributed by atoms with E-state index in [1.54, 1.807) is 22.8 Å². The highest BCUT2D eigenvalue weighted by Gasteiger charge is 2.22. The topological polar surface area (TPSA) is 131 Å². The minimum Gasteiger partial charge on any atom is -0.501 e. The molecule has 0 bridgehead atoms. The molecule has 4 aromatic rings. The van der Waals surface area contributed by atoms with Gasteiger partial charge in [-0.05, 0) is 11.6 Å². The Hall–Kier alpha value is -4.15. The lowest BCUT2D eigenvalue weighted by Crippen LogP contribution is -2.31. The number of benzene rings is 1. The maximum atomic E-state index is 12.5. The maximum Gasteiger partial charge on any atom is 0.297 e. The highest BCUT2D eigenvalue weighted by atomic mass is 16.5. The minimum atomic E-state index is -0.752. The van der Waals surface area contributed by atoms with Gasteiger partial charge in [0.1, 0.15) is 12.0 Å². The van der Waals surface area contributed by atoms with Gasteiger partial charge in [-0.2, -0.15) is 5.10 Å². The highest BCUT2D eigenvalue weighted by molar-refractivity contribution is 6.04. The molecule has 2 N–H and O–H groups in total. The first-order valence-corrected chi connectivity index (χ1v) is 8.98. The van der Waals surface area contributed by atoms with Crippen molar-refractivity contribution in [1.82, 2.24) is 24.5 Å². The van der Waals surface area contributed by atoms with Gasteiger partial charge in [0.05, 0.1) is 17.9 Å². The van der Waals surface area contributed by atoms with Gasteiger partial charge in [0.25, 0.3) is 11.5 Å². The standard InChI is InChI=1S/C19H19N7O4/c1-24(9-11-5-4-6-14-13(11)8-20-26(14)3)19-23-15(16(27)18(29)25(19)2)17(28)22-12-7-21-30-10-12/h4-8,10,27H,9H2,1-3H3,(H,22,28). The van der Waals surface area contributed by atoms with E-state index in [0.717, 1.165) is 16.5 Å². The number of amides is 1. The van der Waals surface area contributed by atoms with Crippen molar-refractivity contribution in [3.8, 4) is 5.75 Å². The van der Waals surface area contributed by atoms with Gasteiger partial charge in [-0.1, -0.05) is 17.3 Å². The van der Waals surface area contributed by atoms with Gasteiger partial charge in [-0.15, -0.1) is 0 Å². The molecule has 154 valence electrons. The van der Waals surface area contributed by atoms with Crippen LogP contribution in [0.4, 0.5) is 11.6 Å². The Morgan fingerprint density at radius 3 is 2.83 bits per heavy atom. The summed E-state index contributed by atoms with van der Waals surface area (Å²) in [5.74, 6) is -1.27. The third kappa shape index (κ3) is 3.26. The number of aryl methyl sites for hydroxylation is 1. The van der Waals surface area contributed by atoms with Crippen LogP contribution in [0.15, 0.2) is 46.2 Å². The van der Waals surface area contributed by atoms with Crippen molar-refractivity contribution in [3.63, 3.8) is 0 Å². The lowest BCUT2D eigenvalue weighted by atomic mass is 10.1. The average Bonchev–Trinajstić information content (AvgIpc) is 3.37. The number of rotatable bonds is 5. The molecule has 0 aliphatic heterocycles. The summed E-state index contributed by atoms with van der Waals surface area (Å²) in [4.78, 5) is 31.0. The van der Waals surface area contributed by atoms with E-state index in [2.05, 4.69) is 25.1 Å². The van der Waals surface area contributed by atoms with Crippen molar-refractivity contribution in [2.24, 2.45) is 14.1 Å². The summed E-state index contributed by atoms with van der Waals surface area (Å²) in [6, 6.07) is 5.85. The van der Waals surface area contributed by atoms with Crippen LogP contribution in [-0.2, 0) is 20.6 Å². The minimum absolute atomic E-state index is 0.217. The zero-order chi connectivity index (χ0) is 21.4. The van der Waals surface area contributed by atoms with Crippen molar-refractivity contribution < 1.29 is 14.4 Å². The lowest BCUT2D eigenvalue weighted by Gasteiger charge is -2.22. The smallest absolute Gasteiger partial charge is 0.297 e. The summed E-state index contributed by atoms with van der Waals surface area (Å²) in [5, 5.41) is 21.4. The predicted molar refractivity (Wildman–Crippen MR) is 108 cm³/mol. The zero-order valence-corrected chi connectivity index (χ0v) is 16.5. The summed E-state index contributed by atoms with van der Waals surface area (Å²) in [7, 11) is 5.09. The van der Waals surface area contributed by atoms with Crippen LogP contribution in [0.25, 0.3) is 10.9 Å². The zero-order valence-electron chi connectivity index (χ0n) is 16.5. The predicted octanol–water partition coefficient (Wildman–Crippen LogP) is 1.25. The van der Waals surface area contributed by atoms with Crippen LogP contribution in [0.2, 0.25) is 0 Å². The number of nitrogens with zero attached hydrogens (tertiary/aromatic N) is 6. The normalized spacial score (nSPS) is 11.0. The van der Waals surface area contributed by atoms with Crippen molar-refractivity contribution in [2.75, 3.05) is 17.3 Å². The molecule has 3 heterocycles. The molecular formula is C19H19N7O4. The van der Waals surface area contributed by atoms with Gasteiger partial charge in [0.2, 0.25) is 11.7 Å². The number of fused-ring (bicyclic) bond motifs is 1. The highest BCUT2D eigenvalue weighted by Crippen LogP contribution is 2.22. The summed E-state index contributed by atoms with van der Waals surface area (Å²) in [6.07, 6.45) is 4.29. The maximum absolute atomic E-state index is 12.5. The van der Waals surface area contributed by atoms with Crippen molar-refractivity contribution >= 4 is 28.4 Å². The van der Waals surface area contributed by atoms with Crippen LogP contribution in [0.3, 0.4) is 0 Å². The molecule has 0 aliphatic carbocycles. The van der Waals surface area contributed by atoms with Crippen LogP contribution in [-0.4, -0.2) is 42.5 Å². The Morgan fingerprint density at radius 2 is 2.10 bits per heavy atom. The number of hydrogen-bond acceptors (Lipinski definition) is 8. The van der Waals surface area contributed by atoms with Gasteiger partial charge >= 0.3 is 0 Å². The number of aromatic nitrogens is 5. The van der Waals surface area contributed by atoms with Crippen LogP contribution in [0, 0.1) is 0 Å². The van der Waals surface area contributed by atoms with Crippen LogP contribution < -0.4 is 15.8 Å². The summed E-state index contributed by atoms with van der Waals surface area (Å²) >= 11 is 0. The SMILES string of the molecule is CN(Cc1cccc2c1cnn2C)c1nc(C(=O)Nc2cnoc2)c(O)c(=O)n1C. The molecule has 0 aliphatic rings. The van der Waals surface area contributed by atoms with Crippen molar-refractivity contribution in [2.45, 2.75) is 6.54 Å². The number of carbonyl (C=O) groups excluding carboxylic acids is 1. The Balaban J connectivity index is 1.70. The molecule has 30 heavy (non-hydrogen) atoms. The summed E-state index contributed by atoms with van der Waals surface area (Å²) in [5.41, 5.74) is 1.10. The van der Waals surface area contributed by atoms with E-state index in [1.807, 2.05) is 25.2 Å². The van der Waals surface area contributed by atoms with Gasteiger partial charge in [-0.3, -0.25) is 18.8 Å². The van der Waals surface area contributed by atoms with Gasteiger partial charge in [0.15, 0.2) is 5.69 Å². The first-order valence-electron chi connectivity index (χ1n) is 8.98. The van der Waals surface area contributed by atoms with Crippen LogP contribution in [0.5, 0.6) is 5.75 Å². The van der Waals surface area contributed by atoms with Crippen molar-refractivity contribution in [1.29, 1.82) is 0 Å².